The van der Waals surface area contributed by atoms with E-state index >= 15 is 0 Å². The molecular formula is C26H35Cl2N3O5S. The highest BCUT2D eigenvalue weighted by atomic mass is 35.5. The number of anilines is 1. The third-order valence-electron chi connectivity index (χ3n) is 5.69. The molecule has 0 radical (unpaired) electrons. The van der Waals surface area contributed by atoms with Crippen LogP contribution in [0.5, 0.6) is 5.75 Å². The third kappa shape index (κ3) is 8.79. The van der Waals surface area contributed by atoms with Gasteiger partial charge >= 0.3 is 0 Å². The Morgan fingerprint density at radius 3 is 2.30 bits per heavy atom. The Bertz CT molecular complexity index is 1190. The van der Waals surface area contributed by atoms with Crippen molar-refractivity contribution in [2.45, 2.75) is 58.7 Å². The van der Waals surface area contributed by atoms with Gasteiger partial charge in [0.1, 0.15) is 11.8 Å². The maximum atomic E-state index is 13.5. The lowest BCUT2D eigenvalue weighted by atomic mass is 10.1. The van der Waals surface area contributed by atoms with Crippen LogP contribution in [-0.4, -0.2) is 57.1 Å². The zero-order chi connectivity index (χ0) is 27.8. The Morgan fingerprint density at radius 1 is 1.08 bits per heavy atom. The van der Waals surface area contributed by atoms with Gasteiger partial charge in [-0.25, -0.2) is 8.42 Å². The number of amides is 2. The number of nitrogens with one attached hydrogen (secondary N) is 1. The number of hydrogen-bond acceptors (Lipinski definition) is 5. The van der Waals surface area contributed by atoms with E-state index in [-0.39, 0.29) is 48.8 Å². The topological polar surface area (TPSA) is 96.0 Å². The molecule has 0 saturated heterocycles. The maximum absolute atomic E-state index is 13.5. The van der Waals surface area contributed by atoms with Crippen LogP contribution in [-0.2, 0) is 26.2 Å². The molecule has 0 aliphatic heterocycles. The number of rotatable bonds is 13. The van der Waals surface area contributed by atoms with Gasteiger partial charge in [-0.2, -0.15) is 0 Å². The molecular weight excluding hydrogens is 537 g/mol. The largest absolute Gasteiger partial charge is 0.495 e. The number of nitrogens with zero attached hydrogens (tertiary/aromatic N) is 2. The molecule has 8 nitrogen and oxygen atoms in total. The first-order valence-electron chi connectivity index (χ1n) is 12.0. The lowest BCUT2D eigenvalue weighted by Crippen LogP contribution is -2.50. The van der Waals surface area contributed by atoms with Crippen molar-refractivity contribution < 1.29 is 22.7 Å². The van der Waals surface area contributed by atoms with E-state index < -0.39 is 16.1 Å². The number of sulfonamides is 1. The molecule has 0 aliphatic rings. The molecule has 2 aromatic rings. The van der Waals surface area contributed by atoms with E-state index in [0.717, 1.165) is 11.8 Å². The summed E-state index contributed by atoms with van der Waals surface area (Å²) < 4.78 is 31.4. The fourth-order valence-electron chi connectivity index (χ4n) is 3.92. The Balaban J connectivity index is 2.25. The zero-order valence-corrected chi connectivity index (χ0v) is 24.2. The van der Waals surface area contributed by atoms with Gasteiger partial charge in [0.2, 0.25) is 21.8 Å². The van der Waals surface area contributed by atoms with Crippen LogP contribution in [0.4, 0.5) is 5.69 Å². The van der Waals surface area contributed by atoms with Crippen molar-refractivity contribution in [1.29, 1.82) is 0 Å². The number of ether oxygens (including phenoxy) is 1. The zero-order valence-electron chi connectivity index (χ0n) is 21.8. The summed E-state index contributed by atoms with van der Waals surface area (Å²) in [6.45, 7) is 5.77. The summed E-state index contributed by atoms with van der Waals surface area (Å²) in [6, 6.07) is 11.1. The van der Waals surface area contributed by atoms with Crippen LogP contribution in [0.2, 0.25) is 10.0 Å². The molecule has 11 heteroatoms. The van der Waals surface area contributed by atoms with E-state index in [1.807, 2.05) is 32.9 Å². The predicted molar refractivity (Wildman–Crippen MR) is 149 cm³/mol. The van der Waals surface area contributed by atoms with Crippen LogP contribution in [0.15, 0.2) is 42.5 Å². The minimum atomic E-state index is -3.65. The fourth-order valence-corrected chi connectivity index (χ4v) is 5.33. The Kier molecular flexibility index (Phi) is 11.5. The second kappa shape index (κ2) is 13.9. The monoisotopic (exact) mass is 571 g/mol. The van der Waals surface area contributed by atoms with Gasteiger partial charge in [-0.05, 0) is 56.5 Å². The molecule has 1 N–H and O–H groups in total. The van der Waals surface area contributed by atoms with Crippen LogP contribution >= 0.6 is 23.2 Å². The van der Waals surface area contributed by atoms with Gasteiger partial charge in [-0.15, -0.1) is 0 Å². The number of benzene rings is 2. The van der Waals surface area contributed by atoms with E-state index in [2.05, 4.69) is 5.32 Å². The molecule has 0 spiro atoms. The highest BCUT2D eigenvalue weighted by Gasteiger charge is 2.29. The van der Waals surface area contributed by atoms with Crippen LogP contribution in [0.3, 0.4) is 0 Å². The van der Waals surface area contributed by atoms with Crippen LogP contribution in [0.1, 0.15) is 45.6 Å². The Labute approximate surface area is 229 Å². The summed E-state index contributed by atoms with van der Waals surface area (Å²) in [5.74, 6) is -0.0926. The van der Waals surface area contributed by atoms with Gasteiger partial charge in [0.25, 0.3) is 0 Å². The molecule has 0 bridgehead atoms. The summed E-state index contributed by atoms with van der Waals surface area (Å²) in [5.41, 5.74) is 1.09. The standard InChI is InChI=1S/C26H35Cl2N3O5S/c1-6-23(26(33)29-18(2)3)30(17-19-10-7-8-11-21(19)27)25(32)12-9-15-31(37(5,34)35)20-13-14-24(36-4)22(28)16-20/h7-8,10-11,13-14,16,18,23H,6,9,12,15,17H2,1-5H3,(H,29,33)/t23-/m1/s1. The molecule has 1 atom stereocenters. The molecule has 0 aliphatic carbocycles. The molecule has 2 aromatic carbocycles. The summed E-state index contributed by atoms with van der Waals surface area (Å²) in [5, 5.41) is 3.66. The van der Waals surface area contributed by atoms with E-state index in [1.165, 1.54) is 22.4 Å². The third-order valence-corrected chi connectivity index (χ3v) is 7.55. The molecule has 37 heavy (non-hydrogen) atoms. The summed E-state index contributed by atoms with van der Waals surface area (Å²) in [4.78, 5) is 27.9. The molecule has 0 heterocycles. The van der Waals surface area contributed by atoms with Crippen molar-refractivity contribution in [3.8, 4) is 5.75 Å². The number of hydrogen-bond donors (Lipinski definition) is 1. The van der Waals surface area contributed by atoms with Crippen LogP contribution < -0.4 is 14.4 Å². The van der Waals surface area contributed by atoms with Gasteiger partial charge in [-0.1, -0.05) is 48.3 Å². The number of methoxy groups -OCH3 is 1. The lowest BCUT2D eigenvalue weighted by Gasteiger charge is -2.32. The van der Waals surface area contributed by atoms with Gasteiger partial charge in [-0.3, -0.25) is 13.9 Å². The van der Waals surface area contributed by atoms with Crippen molar-refractivity contribution in [2.75, 3.05) is 24.2 Å². The molecule has 204 valence electrons. The normalized spacial score (nSPS) is 12.2. The van der Waals surface area contributed by atoms with E-state index in [4.69, 9.17) is 27.9 Å². The van der Waals surface area contributed by atoms with Gasteiger partial charge < -0.3 is 15.0 Å². The van der Waals surface area contributed by atoms with Crippen molar-refractivity contribution in [2.24, 2.45) is 0 Å². The summed E-state index contributed by atoms with van der Waals surface area (Å²) in [7, 11) is -2.17. The second-order valence-corrected chi connectivity index (χ2v) is 11.7. The molecule has 2 amide bonds. The first kappa shape index (κ1) is 30.7. The number of carbonyl (C=O) groups excluding carboxylic acids is 2. The predicted octanol–water partition coefficient (Wildman–Crippen LogP) is 4.88. The summed E-state index contributed by atoms with van der Waals surface area (Å²) >= 11 is 12.6. The van der Waals surface area contributed by atoms with E-state index in [9.17, 15) is 18.0 Å². The van der Waals surface area contributed by atoms with Crippen molar-refractivity contribution in [3.05, 3.63) is 58.1 Å². The van der Waals surface area contributed by atoms with Crippen molar-refractivity contribution >= 4 is 50.7 Å². The molecule has 0 unspecified atom stereocenters. The van der Waals surface area contributed by atoms with E-state index in [0.29, 0.717) is 22.9 Å². The molecule has 0 aromatic heterocycles. The van der Waals surface area contributed by atoms with Crippen LogP contribution in [0, 0.1) is 0 Å². The minimum absolute atomic E-state index is 0.0335. The van der Waals surface area contributed by atoms with Gasteiger partial charge in [0.05, 0.1) is 24.1 Å². The quantitative estimate of drug-likeness (QED) is 0.369. The second-order valence-electron chi connectivity index (χ2n) is 8.96. The first-order chi connectivity index (χ1) is 17.4. The van der Waals surface area contributed by atoms with Gasteiger partial charge in [0, 0.05) is 30.6 Å². The van der Waals surface area contributed by atoms with E-state index in [1.54, 1.807) is 24.3 Å². The van der Waals surface area contributed by atoms with Crippen LogP contribution in [0.25, 0.3) is 0 Å². The Hall–Kier alpha value is -2.49. The fraction of sp³-hybridized carbons (Fsp3) is 0.462. The number of carbonyl (C=O) groups is 2. The average Bonchev–Trinajstić information content (AvgIpc) is 2.81. The highest BCUT2D eigenvalue weighted by molar-refractivity contribution is 7.92. The highest BCUT2D eigenvalue weighted by Crippen LogP contribution is 2.30. The molecule has 0 fully saturated rings. The maximum Gasteiger partial charge on any atom is 0.243 e. The number of halogens is 2. The average molecular weight is 573 g/mol. The smallest absolute Gasteiger partial charge is 0.243 e. The SMILES string of the molecule is CC[C@H](C(=O)NC(C)C)N(Cc1ccccc1Cl)C(=O)CCCN(c1ccc(OC)c(Cl)c1)S(C)(=O)=O. The molecule has 0 saturated carbocycles. The minimum Gasteiger partial charge on any atom is -0.495 e. The molecule has 2 rings (SSSR count). The Morgan fingerprint density at radius 2 is 1.76 bits per heavy atom. The summed E-state index contributed by atoms with van der Waals surface area (Å²) in [6.07, 6.45) is 1.78. The lowest BCUT2D eigenvalue weighted by molar-refractivity contribution is -0.141. The van der Waals surface area contributed by atoms with Crippen molar-refractivity contribution in [3.63, 3.8) is 0 Å². The van der Waals surface area contributed by atoms with Crippen molar-refractivity contribution in [1.82, 2.24) is 10.2 Å². The van der Waals surface area contributed by atoms with Gasteiger partial charge in [0.15, 0.2) is 0 Å². The first-order valence-corrected chi connectivity index (χ1v) is 14.6.